The number of aromatic nitrogens is 3. The molecule has 1 aliphatic rings. The Morgan fingerprint density at radius 3 is 2.44 bits per heavy atom. The molecule has 0 fully saturated rings. The predicted octanol–water partition coefficient (Wildman–Crippen LogP) is 3.81. The number of carbonyl (C=O) groups is 1. The van der Waals surface area contributed by atoms with Crippen LogP contribution in [0.4, 0.5) is 0 Å². The van der Waals surface area contributed by atoms with E-state index in [4.69, 9.17) is 4.98 Å². The Kier molecular flexibility index (Phi) is 5.77. The molecule has 1 aliphatic heterocycles. The number of nitrogens with zero attached hydrogens (tertiary/aromatic N) is 4. The smallest absolute Gasteiger partial charge is 0.271 e. The number of hydrogen-bond donors (Lipinski definition) is 1. The van der Waals surface area contributed by atoms with E-state index in [1.165, 1.54) is 11.1 Å². The lowest BCUT2D eigenvalue weighted by molar-refractivity contribution is 0.0946. The number of hydrogen-bond acceptors (Lipinski definition) is 4. The molecule has 32 heavy (non-hydrogen) atoms. The number of nitrogens with one attached hydrogen (secondary N) is 1. The van der Waals surface area contributed by atoms with E-state index in [1.54, 1.807) is 12.4 Å². The molecule has 4 aromatic rings. The third-order valence-electron chi connectivity index (χ3n) is 5.80. The fourth-order valence-electron chi connectivity index (χ4n) is 4.22. The summed E-state index contributed by atoms with van der Waals surface area (Å²) < 4.78 is 2.12. The van der Waals surface area contributed by atoms with Gasteiger partial charge < -0.3 is 9.88 Å². The summed E-state index contributed by atoms with van der Waals surface area (Å²) in [7, 11) is 0. The molecule has 160 valence electrons. The molecule has 1 N–H and O–H groups in total. The van der Waals surface area contributed by atoms with Crippen LogP contribution in [0.25, 0.3) is 0 Å². The lowest BCUT2D eigenvalue weighted by Gasteiger charge is -2.36. The lowest BCUT2D eigenvalue weighted by Crippen LogP contribution is -2.38. The van der Waals surface area contributed by atoms with Crippen LogP contribution in [0.1, 0.15) is 39.0 Å². The van der Waals surface area contributed by atoms with Crippen molar-refractivity contribution >= 4 is 5.91 Å². The van der Waals surface area contributed by atoms with Crippen molar-refractivity contribution in [3.8, 4) is 0 Å². The molecule has 5 rings (SSSR count). The van der Waals surface area contributed by atoms with Gasteiger partial charge in [-0.3, -0.25) is 14.7 Å². The zero-order valence-corrected chi connectivity index (χ0v) is 17.8. The van der Waals surface area contributed by atoms with Crippen LogP contribution in [0, 0.1) is 0 Å². The van der Waals surface area contributed by atoms with E-state index < -0.39 is 0 Å². The highest BCUT2D eigenvalue weighted by Gasteiger charge is 2.32. The van der Waals surface area contributed by atoms with Crippen LogP contribution < -0.4 is 5.32 Å². The molecule has 6 nitrogen and oxygen atoms in total. The Morgan fingerprint density at radius 2 is 1.69 bits per heavy atom. The Morgan fingerprint density at radius 1 is 0.938 bits per heavy atom. The van der Waals surface area contributed by atoms with Crippen molar-refractivity contribution in [1.29, 1.82) is 0 Å². The first-order chi connectivity index (χ1) is 15.8. The van der Waals surface area contributed by atoms with Gasteiger partial charge in [0.15, 0.2) is 0 Å². The summed E-state index contributed by atoms with van der Waals surface area (Å²) in [4.78, 5) is 24.2. The Balaban J connectivity index is 1.41. The maximum atomic E-state index is 12.8. The van der Waals surface area contributed by atoms with Crippen LogP contribution in [0.5, 0.6) is 0 Å². The van der Waals surface area contributed by atoms with Crippen LogP contribution in [0.3, 0.4) is 0 Å². The average molecular weight is 424 g/mol. The zero-order valence-electron chi connectivity index (χ0n) is 17.8. The van der Waals surface area contributed by atoms with E-state index in [0.717, 1.165) is 31.0 Å². The largest absolute Gasteiger partial charge is 0.347 e. The van der Waals surface area contributed by atoms with Gasteiger partial charge in [0.25, 0.3) is 5.91 Å². The van der Waals surface area contributed by atoms with Crippen LogP contribution >= 0.6 is 0 Å². The minimum absolute atomic E-state index is 0.00923. The number of amides is 1. The van der Waals surface area contributed by atoms with Gasteiger partial charge >= 0.3 is 0 Å². The van der Waals surface area contributed by atoms with Crippen LogP contribution in [-0.4, -0.2) is 31.9 Å². The molecule has 1 amide bonds. The molecular formula is C26H25N5O. The number of imidazole rings is 1. The summed E-state index contributed by atoms with van der Waals surface area (Å²) >= 11 is 0. The maximum absolute atomic E-state index is 12.8. The summed E-state index contributed by atoms with van der Waals surface area (Å²) in [6.07, 6.45) is 5.36. The van der Waals surface area contributed by atoms with E-state index in [2.05, 4.69) is 68.3 Å². The normalized spacial score (nSPS) is 15.8. The topological polar surface area (TPSA) is 63.1 Å². The molecule has 0 saturated heterocycles. The number of pyridine rings is 1. The van der Waals surface area contributed by atoms with Crippen LogP contribution in [0.2, 0.25) is 0 Å². The van der Waals surface area contributed by atoms with Gasteiger partial charge in [-0.1, -0.05) is 66.7 Å². The van der Waals surface area contributed by atoms with Gasteiger partial charge in [0.05, 0.1) is 6.04 Å². The van der Waals surface area contributed by atoms with E-state index in [0.29, 0.717) is 12.2 Å². The summed E-state index contributed by atoms with van der Waals surface area (Å²) in [5.74, 6) is 0.738. The minimum atomic E-state index is -0.169. The highest BCUT2D eigenvalue weighted by Crippen LogP contribution is 2.32. The second kappa shape index (κ2) is 9.16. The quantitative estimate of drug-likeness (QED) is 0.512. The first-order valence-electron chi connectivity index (χ1n) is 10.8. The number of benzene rings is 2. The van der Waals surface area contributed by atoms with Crippen molar-refractivity contribution in [1.82, 2.24) is 24.8 Å². The second-order valence-electron chi connectivity index (χ2n) is 7.99. The van der Waals surface area contributed by atoms with E-state index in [1.807, 2.05) is 30.5 Å². The Labute approximate surface area is 187 Å². The minimum Gasteiger partial charge on any atom is -0.347 e. The third kappa shape index (κ3) is 4.31. The number of rotatable bonds is 6. The van der Waals surface area contributed by atoms with Gasteiger partial charge in [0.1, 0.15) is 11.5 Å². The summed E-state index contributed by atoms with van der Waals surface area (Å²) in [5, 5.41) is 2.96. The Bertz CT molecular complexity index is 1170. The molecule has 1 unspecified atom stereocenters. The number of carbonyl (C=O) groups excluding carboxylic acids is 1. The van der Waals surface area contributed by atoms with Gasteiger partial charge in [0.2, 0.25) is 0 Å². The molecule has 0 saturated carbocycles. The highest BCUT2D eigenvalue weighted by atomic mass is 16.1. The van der Waals surface area contributed by atoms with Gasteiger partial charge in [-0.05, 0) is 22.8 Å². The van der Waals surface area contributed by atoms with Crippen molar-refractivity contribution in [2.45, 2.75) is 25.7 Å². The molecule has 0 bridgehead atoms. The van der Waals surface area contributed by atoms with Crippen LogP contribution in [0.15, 0.2) is 91.4 Å². The van der Waals surface area contributed by atoms with Gasteiger partial charge in [-0.15, -0.1) is 0 Å². The first-order valence-corrected chi connectivity index (χ1v) is 10.8. The zero-order chi connectivity index (χ0) is 21.8. The van der Waals surface area contributed by atoms with E-state index in [9.17, 15) is 4.79 Å². The average Bonchev–Trinajstić information content (AvgIpc) is 3.29. The predicted molar refractivity (Wildman–Crippen MR) is 123 cm³/mol. The van der Waals surface area contributed by atoms with Crippen molar-refractivity contribution in [2.24, 2.45) is 0 Å². The van der Waals surface area contributed by atoms with Crippen LogP contribution in [-0.2, 0) is 19.6 Å². The fourth-order valence-corrected chi connectivity index (χ4v) is 4.22. The first kappa shape index (κ1) is 20.2. The van der Waals surface area contributed by atoms with Gasteiger partial charge in [-0.2, -0.15) is 0 Å². The monoisotopic (exact) mass is 423 g/mol. The summed E-state index contributed by atoms with van der Waals surface area (Å²) in [6.45, 7) is 2.94. The van der Waals surface area contributed by atoms with Crippen molar-refractivity contribution in [2.75, 3.05) is 6.54 Å². The SMILES string of the molecule is O=C(NCc1cccnc1)c1cn2c(n1)C(c1ccccc1)N(Cc1ccccc1)CC2. The molecule has 0 radical (unpaired) electrons. The van der Waals surface area contributed by atoms with Crippen molar-refractivity contribution in [3.05, 3.63) is 120 Å². The van der Waals surface area contributed by atoms with Crippen molar-refractivity contribution < 1.29 is 4.79 Å². The fraction of sp³-hybridized carbons (Fsp3) is 0.192. The van der Waals surface area contributed by atoms with E-state index >= 15 is 0 Å². The molecule has 2 aromatic heterocycles. The van der Waals surface area contributed by atoms with E-state index in [-0.39, 0.29) is 11.9 Å². The highest BCUT2D eigenvalue weighted by molar-refractivity contribution is 5.92. The molecule has 1 atom stereocenters. The molecule has 3 heterocycles. The molecule has 6 heteroatoms. The summed E-state index contributed by atoms with van der Waals surface area (Å²) in [6, 6.07) is 24.7. The molecule has 2 aromatic carbocycles. The van der Waals surface area contributed by atoms with Gasteiger partial charge in [0, 0.05) is 44.8 Å². The molecular weight excluding hydrogens is 398 g/mol. The molecule has 0 aliphatic carbocycles. The second-order valence-corrected chi connectivity index (χ2v) is 7.99. The lowest BCUT2D eigenvalue weighted by atomic mass is 10.0. The standard InChI is InChI=1S/C26H25N5O/c32-26(28-17-21-10-7-13-27-16-21)23-19-31-15-14-30(18-20-8-3-1-4-9-20)24(25(31)29-23)22-11-5-2-6-12-22/h1-13,16,19,24H,14-15,17-18H2,(H,28,32). The maximum Gasteiger partial charge on any atom is 0.271 e. The molecule has 0 spiro atoms. The van der Waals surface area contributed by atoms with Gasteiger partial charge in [-0.25, -0.2) is 4.98 Å². The Hall–Kier alpha value is -3.77. The van der Waals surface area contributed by atoms with Crippen molar-refractivity contribution in [3.63, 3.8) is 0 Å². The number of fused-ring (bicyclic) bond motifs is 1. The third-order valence-corrected chi connectivity index (χ3v) is 5.80. The summed E-state index contributed by atoms with van der Waals surface area (Å²) in [5.41, 5.74) is 3.85.